The molecule has 0 aliphatic carbocycles. The molecule has 1 aliphatic heterocycles. The lowest BCUT2D eigenvalue weighted by Gasteiger charge is -2.36. The van der Waals surface area contributed by atoms with E-state index in [1.54, 1.807) is 23.3 Å². The molecule has 0 saturated carbocycles. The van der Waals surface area contributed by atoms with Gasteiger partial charge in [-0.2, -0.15) is 0 Å². The van der Waals surface area contributed by atoms with E-state index in [0.29, 0.717) is 36.8 Å². The highest BCUT2D eigenvalue weighted by atomic mass is 35.5. The summed E-state index contributed by atoms with van der Waals surface area (Å²) < 4.78 is 7.31. The van der Waals surface area contributed by atoms with Crippen LogP contribution in [0.15, 0.2) is 61.3 Å². The van der Waals surface area contributed by atoms with Crippen LogP contribution in [0.5, 0.6) is 0 Å². The van der Waals surface area contributed by atoms with Crippen molar-refractivity contribution in [3.8, 4) is 5.82 Å². The fourth-order valence-corrected chi connectivity index (χ4v) is 3.52. The van der Waals surface area contributed by atoms with Crippen LogP contribution in [0.3, 0.4) is 0 Å². The minimum absolute atomic E-state index is 0.0506. The van der Waals surface area contributed by atoms with E-state index in [-0.39, 0.29) is 5.91 Å². The Kier molecular flexibility index (Phi) is 4.92. The molecule has 2 aromatic heterocycles. The van der Waals surface area contributed by atoms with E-state index in [1.807, 2.05) is 42.6 Å². The molecule has 0 bridgehead atoms. The van der Waals surface area contributed by atoms with Crippen LogP contribution in [0, 0.1) is 0 Å². The molecule has 0 atom stereocenters. The van der Waals surface area contributed by atoms with E-state index >= 15 is 0 Å². The van der Waals surface area contributed by atoms with Crippen LogP contribution in [-0.4, -0.2) is 33.7 Å². The number of pyridine rings is 1. The topological polar surface area (TPSA) is 69.0 Å². The first-order valence-electron chi connectivity index (χ1n) is 8.77. The van der Waals surface area contributed by atoms with Crippen molar-refractivity contribution in [2.75, 3.05) is 18.5 Å². The van der Waals surface area contributed by atoms with E-state index in [0.717, 1.165) is 11.4 Å². The van der Waals surface area contributed by atoms with Crippen LogP contribution < -0.4 is 5.32 Å². The molecule has 0 spiro atoms. The van der Waals surface area contributed by atoms with Gasteiger partial charge in [0.2, 0.25) is 5.91 Å². The molecule has 7 heteroatoms. The number of nitrogens with zero attached hydrogens (tertiary/aromatic N) is 3. The number of carbonyl (C=O) groups excluding carboxylic acids is 1. The highest BCUT2D eigenvalue weighted by Crippen LogP contribution is 2.36. The summed E-state index contributed by atoms with van der Waals surface area (Å²) in [7, 11) is 0. The highest BCUT2D eigenvalue weighted by Gasteiger charge is 2.41. The maximum absolute atomic E-state index is 13.2. The fourth-order valence-electron chi connectivity index (χ4n) is 3.39. The lowest BCUT2D eigenvalue weighted by atomic mass is 9.73. The number of carbonyl (C=O) groups is 1. The van der Waals surface area contributed by atoms with Crippen LogP contribution in [-0.2, 0) is 14.9 Å². The van der Waals surface area contributed by atoms with Crippen LogP contribution in [0.25, 0.3) is 5.82 Å². The van der Waals surface area contributed by atoms with Crippen molar-refractivity contribution in [3.63, 3.8) is 0 Å². The Bertz CT molecular complexity index is 902. The van der Waals surface area contributed by atoms with Crippen molar-refractivity contribution in [1.82, 2.24) is 14.5 Å². The maximum Gasteiger partial charge on any atom is 0.235 e. The average Bonchev–Trinajstić information content (AvgIpc) is 3.24. The molecule has 0 radical (unpaired) electrons. The zero-order chi connectivity index (χ0) is 18.7. The van der Waals surface area contributed by atoms with Crippen molar-refractivity contribution in [2.45, 2.75) is 18.3 Å². The van der Waals surface area contributed by atoms with Gasteiger partial charge in [0.15, 0.2) is 0 Å². The Balaban J connectivity index is 1.58. The van der Waals surface area contributed by atoms with Crippen molar-refractivity contribution in [2.24, 2.45) is 0 Å². The van der Waals surface area contributed by atoms with E-state index < -0.39 is 5.41 Å². The Morgan fingerprint density at radius 1 is 1.15 bits per heavy atom. The summed E-state index contributed by atoms with van der Waals surface area (Å²) in [6.07, 6.45) is 8.10. The number of halogens is 1. The van der Waals surface area contributed by atoms with Crippen LogP contribution in [0.2, 0.25) is 5.02 Å². The highest BCUT2D eigenvalue weighted by molar-refractivity contribution is 6.30. The normalized spacial score (nSPS) is 16.0. The van der Waals surface area contributed by atoms with Gasteiger partial charge in [-0.25, -0.2) is 9.97 Å². The van der Waals surface area contributed by atoms with Gasteiger partial charge in [-0.05, 0) is 42.7 Å². The van der Waals surface area contributed by atoms with Gasteiger partial charge in [-0.3, -0.25) is 9.36 Å². The molecule has 4 rings (SSSR count). The van der Waals surface area contributed by atoms with Crippen molar-refractivity contribution >= 4 is 23.2 Å². The summed E-state index contributed by atoms with van der Waals surface area (Å²) in [4.78, 5) is 21.6. The van der Waals surface area contributed by atoms with Gasteiger partial charge in [0.25, 0.3) is 0 Å². The van der Waals surface area contributed by atoms with E-state index in [1.165, 1.54) is 0 Å². The second kappa shape index (κ2) is 7.50. The molecule has 1 amide bonds. The minimum Gasteiger partial charge on any atom is -0.381 e. The predicted octanol–water partition coefficient (Wildman–Crippen LogP) is 3.61. The Morgan fingerprint density at radius 2 is 1.93 bits per heavy atom. The third-order valence-corrected chi connectivity index (χ3v) is 5.20. The monoisotopic (exact) mass is 382 g/mol. The summed E-state index contributed by atoms with van der Waals surface area (Å²) >= 11 is 6.02. The molecule has 1 N–H and O–H groups in total. The number of anilines is 1. The van der Waals surface area contributed by atoms with Gasteiger partial charge in [0, 0.05) is 30.6 Å². The lowest BCUT2D eigenvalue weighted by Crippen LogP contribution is -2.44. The Labute approximate surface area is 162 Å². The summed E-state index contributed by atoms with van der Waals surface area (Å²) in [5.41, 5.74) is 0.977. The SMILES string of the molecule is O=C(Nc1ccc(-n2ccnc2)nc1)C1(c2ccc(Cl)cc2)CCOCC1. The van der Waals surface area contributed by atoms with Crippen molar-refractivity contribution < 1.29 is 9.53 Å². The molecule has 1 aliphatic rings. The molecule has 1 aromatic carbocycles. The Hall–Kier alpha value is -2.70. The molecule has 3 heterocycles. The lowest BCUT2D eigenvalue weighted by molar-refractivity contribution is -0.125. The number of ether oxygens (including phenoxy) is 1. The standard InChI is InChI=1S/C20H19ClN4O2/c21-16-3-1-15(2-4-16)20(7-11-27-12-8-20)19(26)24-17-5-6-18(23-13-17)25-10-9-22-14-25/h1-6,9-10,13-14H,7-8,11-12H2,(H,24,26). The first kappa shape index (κ1) is 17.7. The summed E-state index contributed by atoms with van der Waals surface area (Å²) in [6, 6.07) is 11.2. The number of hydrogen-bond acceptors (Lipinski definition) is 4. The largest absolute Gasteiger partial charge is 0.381 e. The van der Waals surface area contributed by atoms with Gasteiger partial charge < -0.3 is 10.1 Å². The molecular formula is C20H19ClN4O2. The fraction of sp³-hybridized carbons (Fsp3) is 0.250. The predicted molar refractivity (Wildman–Crippen MR) is 103 cm³/mol. The second-order valence-corrected chi connectivity index (χ2v) is 6.97. The number of imidazole rings is 1. The van der Waals surface area contributed by atoms with Crippen LogP contribution in [0.4, 0.5) is 5.69 Å². The molecule has 3 aromatic rings. The van der Waals surface area contributed by atoms with Crippen molar-refractivity contribution in [1.29, 1.82) is 0 Å². The smallest absolute Gasteiger partial charge is 0.235 e. The number of nitrogens with one attached hydrogen (secondary N) is 1. The molecular weight excluding hydrogens is 364 g/mol. The molecule has 1 saturated heterocycles. The van der Waals surface area contributed by atoms with Crippen molar-refractivity contribution in [3.05, 3.63) is 71.9 Å². The molecule has 27 heavy (non-hydrogen) atoms. The molecule has 138 valence electrons. The van der Waals surface area contributed by atoms with Gasteiger partial charge >= 0.3 is 0 Å². The maximum atomic E-state index is 13.2. The third kappa shape index (κ3) is 3.59. The third-order valence-electron chi connectivity index (χ3n) is 4.95. The molecule has 0 unspecified atom stereocenters. The van der Waals surface area contributed by atoms with Crippen LogP contribution >= 0.6 is 11.6 Å². The van der Waals surface area contributed by atoms with Gasteiger partial charge in [0.05, 0.1) is 17.3 Å². The number of aromatic nitrogens is 3. The summed E-state index contributed by atoms with van der Waals surface area (Å²) in [5.74, 6) is 0.689. The summed E-state index contributed by atoms with van der Waals surface area (Å²) in [5, 5.41) is 3.68. The Morgan fingerprint density at radius 3 is 2.56 bits per heavy atom. The molecule has 1 fully saturated rings. The second-order valence-electron chi connectivity index (χ2n) is 6.53. The van der Waals surface area contributed by atoms with Crippen LogP contribution in [0.1, 0.15) is 18.4 Å². The average molecular weight is 383 g/mol. The minimum atomic E-state index is -0.633. The quantitative estimate of drug-likeness (QED) is 0.748. The first-order chi connectivity index (χ1) is 13.2. The van der Waals surface area contributed by atoms with E-state index in [4.69, 9.17) is 16.3 Å². The van der Waals surface area contributed by atoms with Gasteiger partial charge in [0.1, 0.15) is 12.1 Å². The van der Waals surface area contributed by atoms with E-state index in [2.05, 4.69) is 15.3 Å². The number of rotatable bonds is 4. The molecule has 6 nitrogen and oxygen atoms in total. The zero-order valence-corrected chi connectivity index (χ0v) is 15.4. The zero-order valence-electron chi connectivity index (χ0n) is 14.6. The number of amides is 1. The first-order valence-corrected chi connectivity index (χ1v) is 9.15. The number of benzene rings is 1. The summed E-state index contributed by atoms with van der Waals surface area (Å²) in [6.45, 7) is 1.10. The van der Waals surface area contributed by atoms with Gasteiger partial charge in [-0.1, -0.05) is 23.7 Å². The van der Waals surface area contributed by atoms with E-state index in [9.17, 15) is 4.79 Å². The number of hydrogen-bond donors (Lipinski definition) is 1. The van der Waals surface area contributed by atoms with Gasteiger partial charge in [-0.15, -0.1) is 0 Å².